The molecule has 79 heavy (non-hydrogen) atoms. The zero-order valence-corrected chi connectivity index (χ0v) is 46.2. The first-order valence-electron chi connectivity index (χ1n) is 28.2. The molecule has 0 radical (unpaired) electrons. The Kier molecular flexibility index (Phi) is 9.28. The third-order valence-electron chi connectivity index (χ3n) is 19.3. The fourth-order valence-corrected chi connectivity index (χ4v) is 14.9. The Morgan fingerprint density at radius 3 is 0.987 bits per heavy atom. The van der Waals surface area contributed by atoms with Crippen LogP contribution in [0.25, 0.3) is 71.6 Å². The topological polar surface area (TPSA) is 11.4 Å². The number of fused-ring (bicyclic) bond motifs is 12. The number of benzene rings is 11. The summed E-state index contributed by atoms with van der Waals surface area (Å²) >= 11 is 0. The number of rotatable bonds is 4. The Labute approximate surface area is 463 Å². The van der Waals surface area contributed by atoms with Gasteiger partial charge >= 0.3 is 0 Å². The van der Waals surface area contributed by atoms with Crippen LogP contribution in [0.4, 0.5) is 34.1 Å². The zero-order chi connectivity index (χ0) is 53.5. The van der Waals surface area contributed by atoms with E-state index in [1.807, 2.05) is 0 Å². The van der Waals surface area contributed by atoms with Gasteiger partial charge in [-0.15, -0.1) is 0 Å². The number of nitrogens with zero attached hydrogens (tertiary/aromatic N) is 3. The van der Waals surface area contributed by atoms with Crippen molar-refractivity contribution in [3.05, 3.63) is 269 Å². The molecule has 0 fully saturated rings. The van der Waals surface area contributed by atoms with E-state index >= 15 is 0 Å². The van der Waals surface area contributed by atoms with Crippen molar-refractivity contribution in [3.63, 3.8) is 0 Å². The van der Waals surface area contributed by atoms with E-state index in [0.29, 0.717) is 0 Å². The van der Waals surface area contributed by atoms with Crippen LogP contribution in [0, 0.1) is 0 Å². The summed E-state index contributed by atoms with van der Waals surface area (Å²) < 4.78 is 2.49. The minimum Gasteiger partial charge on any atom is -0.309 e. The van der Waals surface area contributed by atoms with E-state index in [1.165, 1.54) is 145 Å². The highest BCUT2D eigenvalue weighted by atomic mass is 15.2. The highest BCUT2D eigenvalue weighted by Gasteiger charge is 2.47. The molecule has 0 N–H and O–H groups in total. The summed E-state index contributed by atoms with van der Waals surface area (Å²) in [5.41, 5.74) is 28.5. The van der Waals surface area contributed by atoms with Crippen LogP contribution in [-0.4, -0.2) is 4.57 Å². The van der Waals surface area contributed by atoms with E-state index in [0.717, 1.165) is 5.69 Å². The van der Waals surface area contributed by atoms with Crippen molar-refractivity contribution in [1.29, 1.82) is 0 Å². The van der Waals surface area contributed by atoms with Crippen molar-refractivity contribution < 1.29 is 0 Å². The summed E-state index contributed by atoms with van der Waals surface area (Å²) in [4.78, 5) is 5.12. The Bertz CT molecular complexity index is 4220. The number of para-hydroxylation sites is 4. The van der Waals surface area contributed by atoms with E-state index in [-0.39, 0.29) is 21.7 Å². The van der Waals surface area contributed by atoms with Gasteiger partial charge in [0.2, 0.25) is 0 Å². The van der Waals surface area contributed by atoms with Crippen LogP contribution in [0.5, 0.6) is 0 Å². The minimum absolute atomic E-state index is 0.234. The summed E-state index contributed by atoms with van der Waals surface area (Å²) in [6, 6.07) is 85.5. The van der Waals surface area contributed by atoms with Gasteiger partial charge in [-0.25, -0.2) is 0 Å². The van der Waals surface area contributed by atoms with Gasteiger partial charge in [-0.3, -0.25) is 0 Å². The van der Waals surface area contributed by atoms with Crippen molar-refractivity contribution in [2.75, 3.05) is 9.80 Å². The Morgan fingerprint density at radius 2 is 0.582 bits per heavy atom. The molecule has 3 heteroatoms. The van der Waals surface area contributed by atoms with E-state index < -0.39 is 0 Å². The van der Waals surface area contributed by atoms with Gasteiger partial charge in [0.1, 0.15) is 0 Å². The van der Waals surface area contributed by atoms with E-state index in [4.69, 9.17) is 0 Å². The van der Waals surface area contributed by atoms with Crippen molar-refractivity contribution in [3.8, 4) is 39.1 Å². The molecule has 0 unspecified atom stereocenters. The normalized spacial score (nSPS) is 16.2. The summed E-state index contributed by atoms with van der Waals surface area (Å²) in [5.74, 6) is 0. The lowest BCUT2D eigenvalue weighted by atomic mass is 9.65. The van der Waals surface area contributed by atoms with Gasteiger partial charge in [0.05, 0.1) is 45.2 Å². The molecule has 1 aromatic heterocycles. The molecule has 4 aliphatic rings. The standard InChI is InChI=1S/C76H61N3/c1-73(2)57-21-11-15-25-67(57)78-68-26-16-12-22-58(68)74(3,4)62-43-52(42-61(73)71(62)78)50-33-37-65-55(40-50)56-41-51(34-38-66(56)77(65)54-35-31-47(32-36-54)49-30-29-46-19-9-10-20-48(46)39-49)53-44-63-72-64(45-53)76(7,8)60-24-14-18-28-70(60)79(72)69-27-17-13-23-59(69)75(63,5)6/h9-45H,1-8H3. The second kappa shape index (κ2) is 15.9. The Balaban J connectivity index is 0.916. The molecule has 11 aromatic carbocycles. The molecule has 0 saturated heterocycles. The van der Waals surface area contributed by atoms with Gasteiger partial charge in [0.25, 0.3) is 0 Å². The van der Waals surface area contributed by atoms with E-state index in [1.54, 1.807) is 0 Å². The number of aromatic nitrogens is 1. The quantitative estimate of drug-likeness (QED) is 0.174. The van der Waals surface area contributed by atoms with Crippen molar-refractivity contribution in [2.45, 2.75) is 77.0 Å². The fraction of sp³-hybridized carbons (Fsp3) is 0.158. The van der Waals surface area contributed by atoms with Crippen LogP contribution in [0.2, 0.25) is 0 Å². The van der Waals surface area contributed by atoms with Crippen LogP contribution < -0.4 is 9.80 Å². The molecule has 3 nitrogen and oxygen atoms in total. The van der Waals surface area contributed by atoms with Crippen molar-refractivity contribution >= 4 is 66.7 Å². The number of hydrogen-bond donors (Lipinski definition) is 0. The second-order valence-electron chi connectivity index (χ2n) is 25.0. The van der Waals surface area contributed by atoms with Crippen LogP contribution in [0.1, 0.15) is 99.9 Å². The van der Waals surface area contributed by atoms with Crippen LogP contribution in [0.3, 0.4) is 0 Å². The maximum absolute atomic E-state index is 2.56. The molecule has 0 spiro atoms. The third-order valence-corrected chi connectivity index (χ3v) is 19.3. The van der Waals surface area contributed by atoms with Gasteiger partial charge in [0, 0.05) is 38.1 Å². The first-order valence-corrected chi connectivity index (χ1v) is 28.2. The first kappa shape index (κ1) is 46.2. The lowest BCUT2D eigenvalue weighted by molar-refractivity contribution is 0.597. The number of hydrogen-bond acceptors (Lipinski definition) is 2. The molecule has 5 heterocycles. The molecular formula is C76H61N3. The van der Waals surface area contributed by atoms with Crippen LogP contribution >= 0.6 is 0 Å². The fourth-order valence-electron chi connectivity index (χ4n) is 14.9. The number of anilines is 6. The first-order chi connectivity index (χ1) is 38.2. The van der Waals surface area contributed by atoms with Crippen LogP contribution in [0.15, 0.2) is 224 Å². The largest absolute Gasteiger partial charge is 0.309 e. The smallest absolute Gasteiger partial charge is 0.0544 e. The molecule has 0 saturated carbocycles. The maximum Gasteiger partial charge on any atom is 0.0544 e. The third kappa shape index (κ3) is 6.25. The molecule has 4 aliphatic heterocycles. The van der Waals surface area contributed by atoms with Crippen molar-refractivity contribution in [2.24, 2.45) is 0 Å². The highest BCUT2D eigenvalue weighted by Crippen LogP contribution is 2.63. The summed E-state index contributed by atoms with van der Waals surface area (Å²) in [5, 5.41) is 4.99. The average Bonchev–Trinajstić information content (AvgIpc) is 3.00. The Morgan fingerprint density at radius 1 is 0.253 bits per heavy atom. The van der Waals surface area contributed by atoms with E-state index in [2.05, 4.69) is 294 Å². The predicted octanol–water partition coefficient (Wildman–Crippen LogP) is 20.4. The lowest BCUT2D eigenvalue weighted by Gasteiger charge is -2.49. The SMILES string of the molecule is CC1(C)c2ccccc2N2c3ccccc3C(C)(C)c3cc(-c4ccc5c(c4)c4cc(-c6cc7c8c(c6)C(C)(C)c6ccccc6N8c6ccccc6C7(C)C)ccc4n5-c4ccc(-c5ccc6ccccc6c5)cc4)cc1c32. The molecule has 0 bridgehead atoms. The Hall–Kier alpha value is -8.92. The van der Waals surface area contributed by atoms with E-state index in [9.17, 15) is 0 Å². The van der Waals surface area contributed by atoms with Gasteiger partial charge < -0.3 is 14.4 Å². The second-order valence-corrected chi connectivity index (χ2v) is 25.0. The maximum atomic E-state index is 2.56. The molecule has 0 atom stereocenters. The zero-order valence-electron chi connectivity index (χ0n) is 46.2. The molecule has 16 rings (SSSR count). The van der Waals surface area contributed by atoms with Gasteiger partial charge in [-0.05, 0) is 180 Å². The summed E-state index contributed by atoms with van der Waals surface area (Å²) in [7, 11) is 0. The lowest BCUT2D eigenvalue weighted by Crippen LogP contribution is -2.38. The van der Waals surface area contributed by atoms with Gasteiger partial charge in [0.15, 0.2) is 0 Å². The molecule has 380 valence electrons. The minimum atomic E-state index is -0.234. The summed E-state index contributed by atoms with van der Waals surface area (Å²) in [6.07, 6.45) is 0. The van der Waals surface area contributed by atoms with Gasteiger partial charge in [-0.1, -0.05) is 189 Å². The van der Waals surface area contributed by atoms with Crippen LogP contribution in [-0.2, 0) is 21.7 Å². The molecule has 12 aromatic rings. The van der Waals surface area contributed by atoms with Gasteiger partial charge in [-0.2, -0.15) is 0 Å². The molecular weight excluding hydrogens is 955 g/mol. The molecule has 0 amide bonds. The average molecular weight is 1020 g/mol. The monoisotopic (exact) mass is 1020 g/mol. The predicted molar refractivity (Wildman–Crippen MR) is 332 cm³/mol. The molecule has 0 aliphatic carbocycles. The highest BCUT2D eigenvalue weighted by molar-refractivity contribution is 6.12. The summed E-state index contributed by atoms with van der Waals surface area (Å²) in [6.45, 7) is 19.4. The van der Waals surface area contributed by atoms with Crippen molar-refractivity contribution in [1.82, 2.24) is 4.57 Å².